The topological polar surface area (TPSA) is 151 Å². The summed E-state index contributed by atoms with van der Waals surface area (Å²) in [6, 6.07) is 12.3. The lowest BCUT2D eigenvalue weighted by atomic mass is 10.1. The van der Waals surface area contributed by atoms with E-state index < -0.39 is 33.0 Å². The van der Waals surface area contributed by atoms with Crippen LogP contribution in [0.3, 0.4) is 0 Å². The van der Waals surface area contributed by atoms with Crippen molar-refractivity contribution in [2.45, 2.75) is 24.6 Å². The van der Waals surface area contributed by atoms with Crippen molar-refractivity contribution < 1.29 is 28.3 Å². The molecule has 0 aliphatic heterocycles. The van der Waals surface area contributed by atoms with E-state index in [0.717, 1.165) is 22.8 Å². The molecule has 2 aromatic carbocycles. The summed E-state index contributed by atoms with van der Waals surface area (Å²) in [5.74, 6) is 4.60. The number of carbonyl (C=O) groups is 2. The first kappa shape index (κ1) is 24.9. The van der Waals surface area contributed by atoms with E-state index in [0.29, 0.717) is 11.2 Å². The Balaban J connectivity index is 1.75. The number of hydrogen-bond acceptors (Lipinski definition) is 7. The van der Waals surface area contributed by atoms with Crippen LogP contribution in [0, 0.1) is 11.8 Å². The van der Waals surface area contributed by atoms with E-state index in [2.05, 4.69) is 22.3 Å². The van der Waals surface area contributed by atoms with Gasteiger partial charge in [-0.25, -0.2) is 13.9 Å². The van der Waals surface area contributed by atoms with Crippen LogP contribution >= 0.6 is 0 Å². The molecule has 11 heteroatoms. The molecule has 2 amide bonds. The zero-order valence-electron chi connectivity index (χ0n) is 18.6. The number of aliphatic hydroxyl groups excluding tert-OH is 1. The maximum Gasteiger partial charge on any atom is 0.264 e. The van der Waals surface area contributed by atoms with Gasteiger partial charge in [0, 0.05) is 41.2 Å². The summed E-state index contributed by atoms with van der Waals surface area (Å²) in [5.41, 5.74) is 4.15. The molecule has 3 rings (SSSR count). The summed E-state index contributed by atoms with van der Waals surface area (Å²) in [4.78, 5) is 23.2. The second-order valence-corrected chi connectivity index (χ2v) is 10.3. The third kappa shape index (κ3) is 5.60. The van der Waals surface area contributed by atoms with E-state index >= 15 is 0 Å². The Bertz CT molecular complexity index is 1390. The van der Waals surface area contributed by atoms with Crippen LogP contribution < -0.4 is 10.8 Å². The van der Waals surface area contributed by atoms with Gasteiger partial charge in [0.2, 0.25) is 5.91 Å². The van der Waals surface area contributed by atoms with Crippen LogP contribution in [-0.4, -0.2) is 57.9 Å². The molecule has 0 saturated carbocycles. The largest absolute Gasteiger partial charge is 0.387 e. The minimum Gasteiger partial charge on any atom is -0.387 e. The van der Waals surface area contributed by atoms with Crippen LogP contribution in [-0.2, 0) is 26.0 Å². The number of hydroxylamine groups is 1. The first-order chi connectivity index (χ1) is 16.1. The maximum atomic E-state index is 12.1. The van der Waals surface area contributed by atoms with Crippen molar-refractivity contribution in [3.05, 3.63) is 59.8 Å². The Morgan fingerprint density at radius 1 is 1.12 bits per heavy atom. The highest BCUT2D eigenvalue weighted by atomic mass is 32.2. The minimum atomic E-state index is -3.79. The van der Waals surface area contributed by atoms with Gasteiger partial charge in [0.15, 0.2) is 14.6 Å². The first-order valence-corrected chi connectivity index (χ1v) is 12.1. The van der Waals surface area contributed by atoms with Crippen molar-refractivity contribution >= 4 is 38.2 Å². The molecule has 10 nitrogen and oxygen atoms in total. The van der Waals surface area contributed by atoms with Gasteiger partial charge in [0.1, 0.15) is 6.61 Å². The quantitative estimate of drug-likeness (QED) is 0.222. The van der Waals surface area contributed by atoms with E-state index in [9.17, 15) is 18.0 Å². The number of aromatic nitrogens is 2. The zero-order valence-corrected chi connectivity index (χ0v) is 19.4. The fourth-order valence-corrected chi connectivity index (χ4v) is 4.01. The van der Waals surface area contributed by atoms with E-state index in [4.69, 9.17) is 10.3 Å². The number of aliphatic hydroxyl groups is 1. The predicted octanol–water partition coefficient (Wildman–Crippen LogP) is 1.07. The van der Waals surface area contributed by atoms with Gasteiger partial charge in [-0.2, -0.15) is 5.10 Å². The number of nitrogens with zero attached hydrogens (tertiary/aromatic N) is 2. The molecular formula is C23H24N4O6S. The van der Waals surface area contributed by atoms with Gasteiger partial charge in [-0.05, 0) is 55.8 Å². The van der Waals surface area contributed by atoms with E-state index in [1.54, 1.807) is 41.2 Å². The van der Waals surface area contributed by atoms with Gasteiger partial charge in [-0.1, -0.05) is 11.8 Å². The van der Waals surface area contributed by atoms with Crippen LogP contribution in [0.4, 0.5) is 5.69 Å². The highest BCUT2D eigenvalue weighted by Crippen LogP contribution is 2.23. The maximum absolute atomic E-state index is 12.1. The molecule has 1 aromatic heterocycles. The molecule has 0 aliphatic carbocycles. The Morgan fingerprint density at radius 3 is 2.38 bits per heavy atom. The Kier molecular flexibility index (Phi) is 7.36. The van der Waals surface area contributed by atoms with E-state index in [1.807, 2.05) is 12.1 Å². The molecule has 0 radical (unpaired) electrons. The van der Waals surface area contributed by atoms with Crippen LogP contribution in [0.25, 0.3) is 10.9 Å². The van der Waals surface area contributed by atoms with Crippen LogP contribution in [0.5, 0.6) is 0 Å². The molecule has 0 saturated heterocycles. The van der Waals surface area contributed by atoms with Gasteiger partial charge in [0.25, 0.3) is 5.91 Å². The van der Waals surface area contributed by atoms with Crippen molar-refractivity contribution in [3.8, 4) is 11.8 Å². The van der Waals surface area contributed by atoms with Crippen molar-refractivity contribution in [2.75, 3.05) is 18.2 Å². The number of anilines is 1. The molecule has 1 heterocycles. The van der Waals surface area contributed by atoms with Gasteiger partial charge < -0.3 is 10.4 Å². The fraction of sp³-hybridized carbons (Fsp3) is 0.261. The van der Waals surface area contributed by atoms with Gasteiger partial charge >= 0.3 is 0 Å². The molecule has 3 aromatic rings. The lowest BCUT2D eigenvalue weighted by molar-refractivity contribution is -0.131. The number of amides is 2. The van der Waals surface area contributed by atoms with Crippen molar-refractivity contribution in [3.63, 3.8) is 0 Å². The molecule has 0 fully saturated rings. The lowest BCUT2D eigenvalue weighted by Crippen LogP contribution is -2.49. The summed E-state index contributed by atoms with van der Waals surface area (Å²) in [6.45, 7) is 0.819. The fourth-order valence-electron chi connectivity index (χ4n) is 3.16. The summed E-state index contributed by atoms with van der Waals surface area (Å²) in [5, 5.41) is 25.5. The Morgan fingerprint density at radius 2 is 1.76 bits per heavy atom. The zero-order chi connectivity index (χ0) is 24.9. The number of sulfone groups is 1. The predicted molar refractivity (Wildman–Crippen MR) is 126 cm³/mol. The van der Waals surface area contributed by atoms with Crippen LogP contribution in [0.15, 0.2) is 48.7 Å². The molecule has 1 atom stereocenters. The SMILES string of the molecule is C[C@@](CCn1cc2cc(C#Cc3ccc(NC(=O)CO)cc3)ccc2n1)(C(=O)NO)S(C)(=O)=O. The summed E-state index contributed by atoms with van der Waals surface area (Å²) < 4.78 is 24.0. The number of nitrogens with one attached hydrogen (secondary N) is 2. The van der Waals surface area contributed by atoms with E-state index in [1.165, 1.54) is 12.4 Å². The summed E-state index contributed by atoms with van der Waals surface area (Å²) >= 11 is 0. The number of benzene rings is 2. The number of hydrogen-bond donors (Lipinski definition) is 4. The smallest absolute Gasteiger partial charge is 0.264 e. The highest BCUT2D eigenvalue weighted by Gasteiger charge is 2.43. The standard InChI is InChI=1S/C23H24N4O6S/c1-23(22(30)26-31,34(2,32)33)11-12-27-14-18-13-17(7-10-20(18)25-27)4-3-16-5-8-19(9-6-16)24-21(29)15-28/h5-10,13-14,28,31H,11-12,15H2,1-2H3,(H,24,29)(H,26,30)/t23-/m1/s1. The lowest BCUT2D eigenvalue weighted by Gasteiger charge is -2.24. The average Bonchev–Trinajstić information content (AvgIpc) is 3.23. The second kappa shape index (κ2) is 10.0. The molecule has 0 aliphatic rings. The summed E-state index contributed by atoms with van der Waals surface area (Å²) in [6.07, 6.45) is 2.61. The highest BCUT2D eigenvalue weighted by molar-refractivity contribution is 7.92. The van der Waals surface area contributed by atoms with Crippen LogP contribution in [0.1, 0.15) is 24.5 Å². The Labute approximate surface area is 196 Å². The molecule has 4 N–H and O–H groups in total. The average molecular weight is 485 g/mol. The van der Waals surface area contributed by atoms with Crippen molar-refractivity contribution in [1.29, 1.82) is 0 Å². The van der Waals surface area contributed by atoms with Gasteiger partial charge in [-0.15, -0.1) is 0 Å². The van der Waals surface area contributed by atoms with Crippen molar-refractivity contribution in [2.24, 2.45) is 0 Å². The minimum absolute atomic E-state index is 0.0758. The normalized spacial score (nSPS) is 12.9. The molecule has 0 unspecified atom stereocenters. The third-order valence-corrected chi connectivity index (χ3v) is 7.46. The number of aryl methyl sites for hydroxylation is 1. The molecule has 178 valence electrons. The number of fused-ring (bicyclic) bond motifs is 1. The molecular weight excluding hydrogens is 460 g/mol. The van der Waals surface area contributed by atoms with Crippen LogP contribution in [0.2, 0.25) is 0 Å². The monoisotopic (exact) mass is 484 g/mol. The van der Waals surface area contributed by atoms with E-state index in [-0.39, 0.29) is 13.0 Å². The Hall–Kier alpha value is -3.72. The first-order valence-electron chi connectivity index (χ1n) is 10.2. The second-order valence-electron chi connectivity index (χ2n) is 7.89. The molecule has 0 bridgehead atoms. The third-order valence-electron chi connectivity index (χ3n) is 5.43. The van der Waals surface area contributed by atoms with Gasteiger partial charge in [-0.3, -0.25) is 19.5 Å². The number of rotatable bonds is 7. The van der Waals surface area contributed by atoms with Crippen molar-refractivity contribution in [1.82, 2.24) is 15.3 Å². The number of carbonyl (C=O) groups excluding carboxylic acids is 2. The molecule has 0 spiro atoms. The molecule has 34 heavy (non-hydrogen) atoms. The summed E-state index contributed by atoms with van der Waals surface area (Å²) in [7, 11) is -3.79. The van der Waals surface area contributed by atoms with Gasteiger partial charge in [0.05, 0.1) is 5.52 Å².